The van der Waals surface area contributed by atoms with Crippen LogP contribution in [0.2, 0.25) is 0 Å². The van der Waals surface area contributed by atoms with E-state index in [9.17, 15) is 4.39 Å². The molecular weight excluding hydrogens is 261 g/mol. The Balaban J connectivity index is 2.61. The molecule has 0 amide bonds. The van der Waals surface area contributed by atoms with Crippen molar-refractivity contribution in [3.63, 3.8) is 0 Å². The van der Waals surface area contributed by atoms with Crippen LogP contribution in [0.5, 0.6) is 0 Å². The molecule has 1 nitrogen and oxygen atoms in total. The lowest BCUT2D eigenvalue weighted by Gasteiger charge is -2.25. The zero-order valence-electron chi connectivity index (χ0n) is 13.5. The van der Waals surface area contributed by atoms with Gasteiger partial charge >= 0.3 is 0 Å². The van der Waals surface area contributed by atoms with Gasteiger partial charge in [0.1, 0.15) is 5.82 Å². The van der Waals surface area contributed by atoms with E-state index >= 15 is 0 Å². The Hall–Kier alpha value is -1.67. The molecule has 0 aliphatic carbocycles. The van der Waals surface area contributed by atoms with E-state index < -0.39 is 0 Å². The maximum Gasteiger partial charge on any atom is 0.123 e. The van der Waals surface area contributed by atoms with E-state index in [0.29, 0.717) is 0 Å². The number of rotatable bonds is 4. The monoisotopic (exact) mass is 285 g/mol. The summed E-state index contributed by atoms with van der Waals surface area (Å²) >= 11 is 0. The highest BCUT2D eigenvalue weighted by atomic mass is 19.1. The van der Waals surface area contributed by atoms with Crippen molar-refractivity contribution in [2.75, 3.05) is 6.54 Å². The van der Waals surface area contributed by atoms with Gasteiger partial charge in [0, 0.05) is 0 Å². The Morgan fingerprint density at radius 3 is 2.14 bits per heavy atom. The number of hydrogen-bond acceptors (Lipinski definition) is 1. The van der Waals surface area contributed by atoms with Crippen LogP contribution in [0.15, 0.2) is 30.3 Å². The van der Waals surface area contributed by atoms with Gasteiger partial charge in [0.2, 0.25) is 0 Å². The lowest BCUT2D eigenvalue weighted by Crippen LogP contribution is -2.24. The Kier molecular flexibility index (Phi) is 4.79. The quantitative estimate of drug-likeness (QED) is 0.854. The second-order valence-electron chi connectivity index (χ2n) is 5.80. The van der Waals surface area contributed by atoms with E-state index in [1.807, 2.05) is 13.8 Å². The molecule has 2 heteroatoms. The summed E-state index contributed by atoms with van der Waals surface area (Å²) in [6, 6.07) is 9.87. The fourth-order valence-electron chi connectivity index (χ4n) is 3.02. The molecule has 0 bridgehead atoms. The molecule has 1 atom stereocenters. The highest BCUT2D eigenvalue weighted by Gasteiger charge is 2.20. The molecule has 21 heavy (non-hydrogen) atoms. The molecule has 0 saturated heterocycles. The van der Waals surface area contributed by atoms with Gasteiger partial charge in [-0.25, -0.2) is 4.39 Å². The molecule has 0 fully saturated rings. The fraction of sp³-hybridized carbons (Fsp3) is 0.368. The van der Waals surface area contributed by atoms with E-state index in [1.54, 1.807) is 12.1 Å². The van der Waals surface area contributed by atoms with E-state index in [1.165, 1.54) is 22.3 Å². The SMILES string of the molecule is CCNC(c1cc(C)ccc1C)c1c(C)cc(F)cc1C. The van der Waals surface area contributed by atoms with Crippen molar-refractivity contribution < 1.29 is 4.39 Å². The van der Waals surface area contributed by atoms with Crippen LogP contribution in [0.4, 0.5) is 4.39 Å². The van der Waals surface area contributed by atoms with Gasteiger partial charge in [0.05, 0.1) is 6.04 Å². The summed E-state index contributed by atoms with van der Waals surface area (Å²) < 4.78 is 13.6. The first-order chi connectivity index (χ1) is 9.93. The van der Waals surface area contributed by atoms with Gasteiger partial charge in [-0.1, -0.05) is 30.7 Å². The van der Waals surface area contributed by atoms with Crippen LogP contribution >= 0.6 is 0 Å². The average molecular weight is 285 g/mol. The van der Waals surface area contributed by atoms with Crippen LogP contribution in [0.25, 0.3) is 0 Å². The largest absolute Gasteiger partial charge is 0.307 e. The number of hydrogen-bond donors (Lipinski definition) is 1. The molecule has 0 saturated carbocycles. The van der Waals surface area contributed by atoms with Crippen LogP contribution in [-0.2, 0) is 0 Å². The highest BCUT2D eigenvalue weighted by Crippen LogP contribution is 2.31. The zero-order valence-corrected chi connectivity index (χ0v) is 13.5. The van der Waals surface area contributed by atoms with Crippen molar-refractivity contribution in [1.82, 2.24) is 5.32 Å². The molecule has 0 aliphatic heterocycles. The third-order valence-electron chi connectivity index (χ3n) is 4.00. The average Bonchev–Trinajstić information content (AvgIpc) is 2.39. The van der Waals surface area contributed by atoms with Crippen molar-refractivity contribution in [3.8, 4) is 0 Å². The van der Waals surface area contributed by atoms with Crippen LogP contribution in [-0.4, -0.2) is 6.54 Å². The molecule has 0 spiro atoms. The molecule has 0 aliphatic rings. The predicted molar refractivity (Wildman–Crippen MR) is 87.3 cm³/mol. The minimum Gasteiger partial charge on any atom is -0.307 e. The topological polar surface area (TPSA) is 12.0 Å². The second kappa shape index (κ2) is 6.40. The summed E-state index contributed by atoms with van der Waals surface area (Å²) in [5.41, 5.74) is 6.96. The molecule has 1 N–H and O–H groups in total. The number of benzene rings is 2. The number of aryl methyl sites for hydroxylation is 4. The molecule has 0 aromatic heterocycles. The van der Waals surface area contributed by atoms with E-state index in [2.05, 4.69) is 44.3 Å². The van der Waals surface area contributed by atoms with Gasteiger partial charge in [0.15, 0.2) is 0 Å². The van der Waals surface area contributed by atoms with E-state index in [4.69, 9.17) is 0 Å². The minimum atomic E-state index is -0.162. The maximum atomic E-state index is 13.6. The summed E-state index contributed by atoms with van der Waals surface area (Å²) in [5.74, 6) is -0.162. The number of nitrogens with one attached hydrogen (secondary N) is 1. The van der Waals surface area contributed by atoms with Gasteiger partial charge in [-0.3, -0.25) is 0 Å². The van der Waals surface area contributed by atoms with Crippen LogP contribution in [0.3, 0.4) is 0 Å². The Bertz CT molecular complexity index is 623. The molecule has 1 unspecified atom stereocenters. The first-order valence-corrected chi connectivity index (χ1v) is 7.51. The Labute approximate surface area is 127 Å². The standard InChI is InChI=1S/C19H24FN/c1-6-21-19(17-9-12(2)7-8-13(17)3)18-14(4)10-16(20)11-15(18)5/h7-11,19,21H,6H2,1-5H3. The van der Waals surface area contributed by atoms with E-state index in [0.717, 1.165) is 17.7 Å². The molecule has 2 aromatic rings. The minimum absolute atomic E-state index is 0.107. The summed E-state index contributed by atoms with van der Waals surface area (Å²) in [4.78, 5) is 0. The Morgan fingerprint density at radius 1 is 0.952 bits per heavy atom. The molecule has 0 heterocycles. The second-order valence-corrected chi connectivity index (χ2v) is 5.80. The van der Waals surface area contributed by atoms with Crippen molar-refractivity contribution in [2.45, 2.75) is 40.7 Å². The summed E-state index contributed by atoms with van der Waals surface area (Å²) in [6.07, 6.45) is 0. The van der Waals surface area contributed by atoms with Crippen LogP contribution in [0, 0.1) is 33.5 Å². The van der Waals surface area contributed by atoms with Gasteiger partial charge in [-0.2, -0.15) is 0 Å². The molecule has 2 rings (SSSR count). The normalized spacial score (nSPS) is 12.5. The van der Waals surface area contributed by atoms with Crippen molar-refractivity contribution in [1.29, 1.82) is 0 Å². The maximum absolute atomic E-state index is 13.6. The van der Waals surface area contributed by atoms with Gasteiger partial charge in [-0.05, 0) is 74.2 Å². The van der Waals surface area contributed by atoms with E-state index in [-0.39, 0.29) is 11.9 Å². The predicted octanol–water partition coefficient (Wildman–Crippen LogP) is 4.76. The molecule has 112 valence electrons. The highest BCUT2D eigenvalue weighted by molar-refractivity contribution is 5.45. The first kappa shape index (κ1) is 15.7. The lowest BCUT2D eigenvalue weighted by atomic mass is 9.88. The Morgan fingerprint density at radius 2 is 1.57 bits per heavy atom. The third kappa shape index (κ3) is 3.33. The fourth-order valence-corrected chi connectivity index (χ4v) is 3.02. The number of halogens is 1. The molecule has 0 radical (unpaired) electrons. The molecular formula is C19H24FN. The lowest BCUT2D eigenvalue weighted by molar-refractivity contribution is 0.604. The van der Waals surface area contributed by atoms with Gasteiger partial charge < -0.3 is 5.32 Å². The zero-order chi connectivity index (χ0) is 15.6. The van der Waals surface area contributed by atoms with Crippen molar-refractivity contribution in [2.24, 2.45) is 0 Å². The van der Waals surface area contributed by atoms with Crippen LogP contribution < -0.4 is 5.32 Å². The van der Waals surface area contributed by atoms with Crippen molar-refractivity contribution >= 4 is 0 Å². The smallest absolute Gasteiger partial charge is 0.123 e. The first-order valence-electron chi connectivity index (χ1n) is 7.51. The summed E-state index contributed by atoms with van der Waals surface area (Å²) in [6.45, 7) is 11.2. The summed E-state index contributed by atoms with van der Waals surface area (Å²) in [5, 5.41) is 3.56. The summed E-state index contributed by atoms with van der Waals surface area (Å²) in [7, 11) is 0. The molecule has 2 aromatic carbocycles. The van der Waals surface area contributed by atoms with Crippen molar-refractivity contribution in [3.05, 3.63) is 69.5 Å². The van der Waals surface area contributed by atoms with Crippen LogP contribution in [0.1, 0.15) is 46.3 Å². The van der Waals surface area contributed by atoms with Gasteiger partial charge in [-0.15, -0.1) is 0 Å². The van der Waals surface area contributed by atoms with Gasteiger partial charge in [0.25, 0.3) is 0 Å². The third-order valence-corrected chi connectivity index (χ3v) is 4.00.